The molecule has 25 heavy (non-hydrogen) atoms. The molecule has 0 spiro atoms. The molecule has 1 saturated heterocycles. The molecule has 0 N–H and O–H groups in total. The lowest BCUT2D eigenvalue weighted by molar-refractivity contribution is -0.143. The topological polar surface area (TPSA) is 28.5 Å². The van der Waals surface area contributed by atoms with Crippen LogP contribution in [-0.2, 0) is 10.3 Å². The summed E-state index contributed by atoms with van der Waals surface area (Å²) >= 11 is 0. The number of carbonyl (C=O) groups is 1. The van der Waals surface area contributed by atoms with E-state index in [0.29, 0.717) is 5.91 Å². The minimum absolute atomic E-state index is 0.330. The molecule has 1 saturated carbocycles. The molecule has 2 aliphatic rings. The van der Waals surface area contributed by atoms with Crippen LogP contribution in [0.4, 0.5) is 5.69 Å². The lowest BCUT2D eigenvalue weighted by Crippen LogP contribution is -2.57. The van der Waals surface area contributed by atoms with Crippen molar-refractivity contribution in [2.45, 2.75) is 37.6 Å². The molecule has 2 fully saturated rings. The monoisotopic (exact) mass is 337 g/mol. The van der Waals surface area contributed by atoms with Gasteiger partial charge in [-0.3, -0.25) is 4.79 Å². The fraction of sp³-hybridized carbons (Fsp3) is 0.476. The highest BCUT2D eigenvalue weighted by Gasteiger charge is 2.43. The van der Waals surface area contributed by atoms with E-state index in [2.05, 4.69) is 51.0 Å². The second-order valence-electron chi connectivity index (χ2n) is 7.30. The molecule has 1 aliphatic carbocycles. The van der Waals surface area contributed by atoms with E-state index in [1.165, 1.54) is 12.1 Å². The maximum Gasteiger partial charge on any atom is 0.248 e. The second-order valence-corrected chi connectivity index (χ2v) is 7.30. The van der Waals surface area contributed by atoms with E-state index >= 15 is 0 Å². The smallest absolute Gasteiger partial charge is 0.248 e. The van der Waals surface area contributed by atoms with Crippen molar-refractivity contribution >= 4 is 11.6 Å². The maximum atomic E-state index is 13.5. The third kappa shape index (κ3) is 3.06. The number of hydrogen-bond donors (Lipinski definition) is 0. The summed E-state index contributed by atoms with van der Waals surface area (Å²) < 4.78 is 2.18. The van der Waals surface area contributed by atoms with Gasteiger partial charge in [0, 0.05) is 44.3 Å². The normalized spacial score (nSPS) is 20.5. The Morgan fingerprint density at radius 2 is 1.44 bits per heavy atom. The number of para-hydroxylation sites is 1. The Labute approximate surface area is 150 Å². The van der Waals surface area contributed by atoms with Gasteiger partial charge in [-0.05, 0) is 37.1 Å². The number of hydrogen-bond acceptors (Lipinski definition) is 2. The van der Waals surface area contributed by atoms with Crippen molar-refractivity contribution in [3.05, 3.63) is 54.9 Å². The molecule has 1 amide bonds. The van der Waals surface area contributed by atoms with Gasteiger partial charge in [-0.1, -0.05) is 37.5 Å². The molecule has 0 radical (unpaired) electrons. The minimum atomic E-state index is -0.351. The molecular formula is C21H27N3O. The summed E-state index contributed by atoms with van der Waals surface area (Å²) in [5.74, 6) is 0.330. The van der Waals surface area contributed by atoms with E-state index in [0.717, 1.165) is 51.9 Å². The molecule has 132 valence electrons. The Balaban J connectivity index is 1.49. The maximum absolute atomic E-state index is 13.5. The molecule has 4 heteroatoms. The van der Waals surface area contributed by atoms with Gasteiger partial charge in [0.1, 0.15) is 5.54 Å². The van der Waals surface area contributed by atoms with E-state index in [9.17, 15) is 4.79 Å². The van der Waals surface area contributed by atoms with Crippen molar-refractivity contribution in [2.24, 2.45) is 0 Å². The standard InChI is InChI=1S/C21H27N3O/c25-20(21(11-5-2-6-12-21)24-13-7-8-14-24)23-17-15-22(16-18-23)19-9-3-1-4-10-19/h1,3-4,7-10,13-14H,2,5-6,11-12,15-18H2. The number of aromatic nitrogens is 1. The first-order chi connectivity index (χ1) is 12.3. The SMILES string of the molecule is O=C(N1CCN(c2ccccc2)CC1)C1(n2cccc2)CCCCC1. The van der Waals surface area contributed by atoms with Gasteiger partial charge in [-0.2, -0.15) is 0 Å². The summed E-state index contributed by atoms with van der Waals surface area (Å²) in [4.78, 5) is 18.0. The number of nitrogens with zero attached hydrogens (tertiary/aromatic N) is 3. The molecule has 1 aliphatic heterocycles. The Kier molecular flexibility index (Phi) is 4.51. The van der Waals surface area contributed by atoms with Crippen LogP contribution in [0.1, 0.15) is 32.1 Å². The van der Waals surface area contributed by atoms with Crippen molar-refractivity contribution in [1.29, 1.82) is 0 Å². The Morgan fingerprint density at radius 3 is 2.08 bits per heavy atom. The average Bonchev–Trinajstić information content (AvgIpc) is 3.24. The predicted molar refractivity (Wildman–Crippen MR) is 101 cm³/mol. The number of carbonyl (C=O) groups excluding carboxylic acids is 1. The summed E-state index contributed by atoms with van der Waals surface area (Å²) in [6.45, 7) is 3.46. The first kappa shape index (κ1) is 16.2. The highest BCUT2D eigenvalue weighted by atomic mass is 16.2. The highest BCUT2D eigenvalue weighted by molar-refractivity contribution is 5.85. The first-order valence-electron chi connectivity index (χ1n) is 9.52. The molecule has 0 bridgehead atoms. The lowest BCUT2D eigenvalue weighted by Gasteiger charge is -2.44. The molecule has 0 atom stereocenters. The van der Waals surface area contributed by atoms with Gasteiger partial charge < -0.3 is 14.4 Å². The van der Waals surface area contributed by atoms with Crippen LogP contribution in [0.15, 0.2) is 54.9 Å². The van der Waals surface area contributed by atoms with Gasteiger partial charge in [-0.15, -0.1) is 0 Å². The van der Waals surface area contributed by atoms with Crippen molar-refractivity contribution in [2.75, 3.05) is 31.1 Å². The third-order valence-corrected chi connectivity index (χ3v) is 5.87. The number of benzene rings is 1. The van der Waals surface area contributed by atoms with Crippen molar-refractivity contribution in [1.82, 2.24) is 9.47 Å². The van der Waals surface area contributed by atoms with Crippen molar-refractivity contribution in [3.63, 3.8) is 0 Å². The van der Waals surface area contributed by atoms with Crippen molar-refractivity contribution < 1.29 is 4.79 Å². The van der Waals surface area contributed by atoms with Crippen LogP contribution in [0, 0.1) is 0 Å². The highest BCUT2D eigenvalue weighted by Crippen LogP contribution is 2.37. The van der Waals surface area contributed by atoms with Crippen LogP contribution in [0.25, 0.3) is 0 Å². The Morgan fingerprint density at radius 1 is 0.800 bits per heavy atom. The number of amides is 1. The van der Waals surface area contributed by atoms with Gasteiger partial charge in [0.05, 0.1) is 0 Å². The Hall–Kier alpha value is -2.23. The zero-order chi connectivity index (χ0) is 17.1. The van der Waals surface area contributed by atoms with Crippen molar-refractivity contribution in [3.8, 4) is 0 Å². The summed E-state index contributed by atoms with van der Waals surface area (Å²) in [5.41, 5.74) is 0.906. The largest absolute Gasteiger partial charge is 0.368 e. The summed E-state index contributed by atoms with van der Waals surface area (Å²) in [6, 6.07) is 14.6. The number of anilines is 1. The van der Waals surface area contributed by atoms with E-state index in [1.807, 2.05) is 18.2 Å². The molecular weight excluding hydrogens is 310 g/mol. The van der Waals surface area contributed by atoms with E-state index < -0.39 is 0 Å². The van der Waals surface area contributed by atoms with Crippen LogP contribution in [0.2, 0.25) is 0 Å². The van der Waals surface area contributed by atoms with E-state index in [1.54, 1.807) is 0 Å². The number of rotatable bonds is 3. The molecule has 4 nitrogen and oxygen atoms in total. The van der Waals surface area contributed by atoms with Crippen LogP contribution < -0.4 is 4.90 Å². The van der Waals surface area contributed by atoms with Gasteiger partial charge in [0.2, 0.25) is 5.91 Å². The van der Waals surface area contributed by atoms with Gasteiger partial charge in [0.15, 0.2) is 0 Å². The van der Waals surface area contributed by atoms with E-state index in [4.69, 9.17) is 0 Å². The second kappa shape index (κ2) is 6.95. The molecule has 1 aromatic carbocycles. The fourth-order valence-corrected chi connectivity index (χ4v) is 4.44. The lowest BCUT2D eigenvalue weighted by atomic mass is 9.80. The minimum Gasteiger partial charge on any atom is -0.368 e. The summed E-state index contributed by atoms with van der Waals surface area (Å²) in [7, 11) is 0. The molecule has 0 unspecified atom stereocenters. The molecule has 2 heterocycles. The van der Waals surface area contributed by atoms with Gasteiger partial charge in [-0.25, -0.2) is 0 Å². The van der Waals surface area contributed by atoms with Crippen LogP contribution >= 0.6 is 0 Å². The van der Waals surface area contributed by atoms with Crippen LogP contribution in [0.3, 0.4) is 0 Å². The summed E-state index contributed by atoms with van der Waals surface area (Å²) in [6.07, 6.45) is 9.63. The van der Waals surface area contributed by atoms with Crippen LogP contribution in [-0.4, -0.2) is 41.6 Å². The van der Waals surface area contributed by atoms with Crippen LogP contribution in [0.5, 0.6) is 0 Å². The zero-order valence-electron chi connectivity index (χ0n) is 14.8. The number of piperazine rings is 1. The first-order valence-corrected chi connectivity index (χ1v) is 9.52. The Bertz CT molecular complexity index is 681. The quantitative estimate of drug-likeness (QED) is 0.858. The average molecular weight is 337 g/mol. The van der Waals surface area contributed by atoms with Gasteiger partial charge >= 0.3 is 0 Å². The molecule has 4 rings (SSSR count). The zero-order valence-corrected chi connectivity index (χ0v) is 14.8. The van der Waals surface area contributed by atoms with E-state index in [-0.39, 0.29) is 5.54 Å². The molecule has 2 aromatic rings. The third-order valence-electron chi connectivity index (χ3n) is 5.87. The van der Waals surface area contributed by atoms with Gasteiger partial charge in [0.25, 0.3) is 0 Å². The fourth-order valence-electron chi connectivity index (χ4n) is 4.44. The predicted octanol–water partition coefficient (Wildman–Crippen LogP) is 3.50. The molecule has 1 aromatic heterocycles. The summed E-state index contributed by atoms with van der Waals surface area (Å²) in [5, 5.41) is 0.